The van der Waals surface area contributed by atoms with Gasteiger partial charge in [0.1, 0.15) is 11.4 Å². The van der Waals surface area contributed by atoms with Crippen molar-refractivity contribution in [1.82, 2.24) is 11.0 Å². The summed E-state index contributed by atoms with van der Waals surface area (Å²) in [7, 11) is 1.34. The van der Waals surface area contributed by atoms with Gasteiger partial charge >= 0.3 is 0 Å². The summed E-state index contributed by atoms with van der Waals surface area (Å²) in [4.78, 5) is 29.2. The molecule has 12 heteroatoms. The standard InChI is InChI=1S/2C4H8N2O2.C4H7O2.Co.H2O/c2*1-3(5-7)4(2)6-8;1-3-4(5)6-2;;/h2*5,7H,1-2H3;1,3H2,2H3;;1H2/q;;-1;;/p+1. The third-order valence-electron chi connectivity index (χ3n) is 2.13. The van der Waals surface area contributed by atoms with Gasteiger partial charge in [-0.2, -0.15) is 0 Å². The van der Waals surface area contributed by atoms with Gasteiger partial charge in [-0.3, -0.25) is 26.2 Å². The Morgan fingerprint density at radius 3 is 1.33 bits per heavy atom. The van der Waals surface area contributed by atoms with Crippen molar-refractivity contribution >= 4 is 5.97 Å². The normalized spacial score (nSPS) is 10.2. The minimum atomic E-state index is -0.269. The van der Waals surface area contributed by atoms with Gasteiger partial charge in [-0.15, -0.1) is 9.81 Å². The number of ether oxygens (including phenoxy) is 1. The van der Waals surface area contributed by atoms with Crippen molar-refractivity contribution in [2.45, 2.75) is 34.1 Å². The van der Waals surface area contributed by atoms with Crippen LogP contribution in [0.15, 0.2) is 33.1 Å². The molecule has 0 aromatic carbocycles. The Balaban J connectivity index is -0.0000000730. The summed E-state index contributed by atoms with van der Waals surface area (Å²) in [6.07, 6.45) is 0.219. The Morgan fingerprint density at radius 2 is 1.29 bits per heavy atom. The van der Waals surface area contributed by atoms with Crippen molar-refractivity contribution < 1.29 is 42.2 Å². The van der Waals surface area contributed by atoms with Crippen molar-refractivity contribution in [3.05, 3.63) is 39.5 Å². The van der Waals surface area contributed by atoms with Crippen LogP contribution in [-0.4, -0.2) is 23.5 Å². The molecule has 1 radical (unpaired) electrons. The zero-order valence-electron chi connectivity index (χ0n) is 14.2. The summed E-state index contributed by atoms with van der Waals surface area (Å²) in [5.41, 5.74) is 4.87. The molecule has 0 fully saturated rings. The van der Waals surface area contributed by atoms with Crippen LogP contribution in [0.25, 0.3) is 0 Å². The van der Waals surface area contributed by atoms with Gasteiger partial charge in [0.25, 0.3) is 5.97 Å². The molecule has 0 saturated heterocycles. The van der Waals surface area contributed by atoms with E-state index in [0.717, 1.165) is 0 Å². The van der Waals surface area contributed by atoms with E-state index in [9.17, 15) is 14.6 Å². The van der Waals surface area contributed by atoms with E-state index in [2.05, 4.69) is 22.0 Å². The fourth-order valence-corrected chi connectivity index (χ4v) is 0.401. The van der Waals surface area contributed by atoms with Gasteiger partial charge in [-0.05, 0) is 38.0 Å². The third kappa shape index (κ3) is 22.4. The second kappa shape index (κ2) is 23.4. The van der Waals surface area contributed by atoms with E-state index in [0.29, 0.717) is 11.4 Å². The maximum absolute atomic E-state index is 9.90. The van der Waals surface area contributed by atoms with Gasteiger partial charge < -0.3 is 17.1 Å². The van der Waals surface area contributed by atoms with Crippen molar-refractivity contribution in [1.29, 1.82) is 0 Å². The maximum atomic E-state index is 9.90. The van der Waals surface area contributed by atoms with Crippen LogP contribution in [0, 0.1) is 16.7 Å². The number of esters is 1. The molecule has 0 spiro atoms. The first-order valence-corrected chi connectivity index (χ1v) is 5.93. The van der Waals surface area contributed by atoms with Gasteiger partial charge in [0.15, 0.2) is 0 Å². The molecule has 0 aliphatic carbocycles. The Morgan fingerprint density at radius 1 is 1.00 bits per heavy atom. The smallest absolute Gasteiger partial charge is 0.275 e. The van der Waals surface area contributed by atoms with E-state index in [1.54, 1.807) is 24.8 Å². The largest absolute Gasteiger partial charge is 0.471 e. The first kappa shape index (κ1) is 33.7. The number of hydrogen-bond donors (Lipinski definition) is 4. The predicted octanol–water partition coefficient (Wildman–Crippen LogP) is 1.43. The number of allylic oxidation sites excluding steroid dienone is 4. The van der Waals surface area contributed by atoms with Crippen molar-refractivity contribution in [3.8, 4) is 0 Å². The summed E-state index contributed by atoms with van der Waals surface area (Å²) in [6.45, 7) is 9.40. The van der Waals surface area contributed by atoms with Gasteiger partial charge in [-0.1, -0.05) is 6.42 Å². The number of nitroso groups, excluding NO2 is 2. The number of methoxy groups -OCH3 is 1. The molecule has 0 aromatic heterocycles. The monoisotopic (exact) mass is 397 g/mol. The zero-order chi connectivity index (χ0) is 18.1. The van der Waals surface area contributed by atoms with Gasteiger partial charge in [0.05, 0.1) is 18.5 Å². The average Bonchev–Trinajstić information content (AvgIpc) is 2.58. The molecular formula is C12H26CoN4O7. The van der Waals surface area contributed by atoms with Gasteiger partial charge in [0.2, 0.25) is 0 Å². The first-order chi connectivity index (χ1) is 10.2. The Labute approximate surface area is 150 Å². The molecule has 0 bridgehead atoms. The zero-order valence-corrected chi connectivity index (χ0v) is 15.3. The second-order valence-electron chi connectivity index (χ2n) is 3.65. The maximum Gasteiger partial charge on any atom is 0.275 e. The number of nitrogens with one attached hydrogen (secondary N) is 2. The molecule has 0 aliphatic rings. The predicted molar refractivity (Wildman–Crippen MR) is 85.0 cm³/mol. The Bertz CT molecular complexity index is 378. The van der Waals surface area contributed by atoms with Crippen molar-refractivity contribution in [3.63, 3.8) is 0 Å². The summed E-state index contributed by atoms with van der Waals surface area (Å²) < 4.78 is 4.20. The van der Waals surface area contributed by atoms with E-state index in [1.165, 1.54) is 21.0 Å². The summed E-state index contributed by atoms with van der Waals surface area (Å²) >= 11 is 0. The van der Waals surface area contributed by atoms with Crippen LogP contribution in [0.3, 0.4) is 0 Å². The van der Waals surface area contributed by atoms with E-state index < -0.39 is 0 Å². The van der Waals surface area contributed by atoms with E-state index in [-0.39, 0.29) is 46.0 Å². The molecule has 0 aliphatic heterocycles. The summed E-state index contributed by atoms with van der Waals surface area (Å²) in [5, 5.41) is 21.4. The molecule has 0 saturated carbocycles. The van der Waals surface area contributed by atoms with E-state index in [1.807, 2.05) is 0 Å². The third-order valence-corrected chi connectivity index (χ3v) is 2.13. The molecule has 0 unspecified atom stereocenters. The molecule has 0 amide bonds. The van der Waals surface area contributed by atoms with Gasteiger partial charge in [-0.25, -0.2) is 0 Å². The molecule has 11 nitrogen and oxygen atoms in total. The number of carbonyl (C=O) groups is 1. The molecule has 0 aromatic rings. The molecule has 145 valence electrons. The molecule has 7 N–H and O–H groups in total. The topological polar surface area (TPSA) is 183 Å². The van der Waals surface area contributed by atoms with Gasteiger partial charge in [0, 0.05) is 16.8 Å². The number of hydroxylamine groups is 2. The van der Waals surface area contributed by atoms with Crippen LogP contribution < -0.4 is 11.0 Å². The molecule has 24 heavy (non-hydrogen) atoms. The second-order valence-corrected chi connectivity index (χ2v) is 3.65. The van der Waals surface area contributed by atoms with Crippen LogP contribution in [0.1, 0.15) is 34.1 Å². The fourth-order valence-electron chi connectivity index (χ4n) is 0.401. The number of nitrogens with zero attached hydrogens (tertiary/aromatic N) is 2. The van der Waals surface area contributed by atoms with Crippen LogP contribution in [-0.2, 0) is 31.8 Å². The molecule has 0 atom stereocenters. The number of hydrogen-bond acceptors (Lipinski definition) is 10. The van der Waals surface area contributed by atoms with Crippen LogP contribution >= 0.6 is 0 Å². The quantitative estimate of drug-likeness (QED) is 0.176. The number of rotatable bonds is 5. The first-order valence-electron chi connectivity index (χ1n) is 5.93. The Hall–Kier alpha value is -1.86. The molecule has 0 rings (SSSR count). The van der Waals surface area contributed by atoms with Crippen molar-refractivity contribution in [2.24, 2.45) is 10.4 Å². The SMILES string of the molecule is CC(N=O)=C(C)NO.CC(N=O)=C(C)NO.[CH2-]CC(=O)OC.[Co].[OH3+]. The number of carbonyl (C=O) groups excluding carboxylic acids is 1. The van der Waals surface area contributed by atoms with Crippen molar-refractivity contribution in [2.75, 3.05) is 7.11 Å². The van der Waals surface area contributed by atoms with Crippen LogP contribution in [0.5, 0.6) is 0 Å². The van der Waals surface area contributed by atoms with E-state index >= 15 is 0 Å². The minimum Gasteiger partial charge on any atom is -0.471 e. The molecule has 0 heterocycles. The summed E-state index contributed by atoms with van der Waals surface area (Å²) in [6, 6.07) is 0. The van der Waals surface area contributed by atoms with Crippen LogP contribution in [0.2, 0.25) is 0 Å². The fraction of sp³-hybridized carbons (Fsp3) is 0.500. The van der Waals surface area contributed by atoms with Crippen LogP contribution in [0.4, 0.5) is 0 Å². The minimum absolute atomic E-state index is 0. The summed E-state index contributed by atoms with van der Waals surface area (Å²) in [5.74, 6) is -0.269. The van der Waals surface area contributed by atoms with E-state index in [4.69, 9.17) is 10.4 Å². The Kier molecular flexibility index (Phi) is 32.8. The average molecular weight is 397 g/mol. The molecular weight excluding hydrogens is 371 g/mol.